The number of fused-ring (bicyclic) bond motifs is 1. The van der Waals surface area contributed by atoms with Crippen LogP contribution >= 0.6 is 0 Å². The molecule has 4 aromatic rings. The van der Waals surface area contributed by atoms with E-state index in [1.54, 1.807) is 18.3 Å². The number of nitrogens with one attached hydrogen (secondary N) is 1. The summed E-state index contributed by atoms with van der Waals surface area (Å²) in [5.41, 5.74) is 1.30. The van der Waals surface area contributed by atoms with Gasteiger partial charge in [-0.1, -0.05) is 18.2 Å². The van der Waals surface area contributed by atoms with Crippen molar-refractivity contribution in [3.63, 3.8) is 0 Å². The number of ether oxygens (including phenoxy) is 1. The molecule has 5 rings (SSSR count). The van der Waals surface area contributed by atoms with Gasteiger partial charge in [-0.2, -0.15) is 4.80 Å². The molecule has 0 saturated carbocycles. The number of rotatable bonds is 8. The second-order valence-corrected chi connectivity index (χ2v) is 8.36. The summed E-state index contributed by atoms with van der Waals surface area (Å²) in [6, 6.07) is 12.9. The first-order chi connectivity index (χ1) is 17.0. The van der Waals surface area contributed by atoms with Crippen LogP contribution in [0.15, 0.2) is 53.1 Å². The van der Waals surface area contributed by atoms with Crippen LogP contribution in [0.2, 0.25) is 0 Å². The topological polar surface area (TPSA) is 128 Å². The minimum absolute atomic E-state index is 0.00782. The number of pyridine rings is 1. The number of hydrogen-bond donors (Lipinski definition) is 1. The van der Waals surface area contributed by atoms with Crippen molar-refractivity contribution in [2.75, 3.05) is 24.6 Å². The van der Waals surface area contributed by atoms with Gasteiger partial charge in [0.05, 0.1) is 23.5 Å². The molecule has 2 amide bonds. The van der Waals surface area contributed by atoms with E-state index < -0.39 is 0 Å². The number of amides is 2. The lowest BCUT2D eigenvalue weighted by molar-refractivity contribution is -0.124. The summed E-state index contributed by atoms with van der Waals surface area (Å²) in [7, 11) is 0. The molecule has 0 unspecified atom stereocenters. The average Bonchev–Trinajstić information content (AvgIpc) is 3.63. The maximum absolute atomic E-state index is 13.3. The van der Waals surface area contributed by atoms with E-state index in [1.807, 2.05) is 37.3 Å². The van der Waals surface area contributed by atoms with Crippen molar-refractivity contribution in [3.05, 3.63) is 54.4 Å². The Morgan fingerprint density at radius 1 is 1.23 bits per heavy atom. The van der Waals surface area contributed by atoms with Crippen molar-refractivity contribution < 1.29 is 18.7 Å². The predicted molar refractivity (Wildman–Crippen MR) is 126 cm³/mol. The molecule has 11 nitrogen and oxygen atoms in total. The number of para-hydroxylation sites is 1. The number of anilines is 1. The van der Waals surface area contributed by atoms with Gasteiger partial charge in [0.25, 0.3) is 5.91 Å². The zero-order chi connectivity index (χ0) is 24.2. The van der Waals surface area contributed by atoms with Gasteiger partial charge in [-0.15, -0.1) is 10.2 Å². The summed E-state index contributed by atoms with van der Waals surface area (Å²) in [6.07, 6.45) is 3.48. The fourth-order valence-electron chi connectivity index (χ4n) is 3.93. The fourth-order valence-corrected chi connectivity index (χ4v) is 3.93. The van der Waals surface area contributed by atoms with E-state index in [9.17, 15) is 9.59 Å². The van der Waals surface area contributed by atoms with E-state index >= 15 is 0 Å². The summed E-state index contributed by atoms with van der Waals surface area (Å²) in [5.74, 6) is 0.787. The van der Waals surface area contributed by atoms with Crippen LogP contribution in [0.25, 0.3) is 22.5 Å². The zero-order valence-electron chi connectivity index (χ0n) is 19.3. The van der Waals surface area contributed by atoms with Gasteiger partial charge in [0, 0.05) is 18.5 Å². The lowest BCUT2D eigenvalue weighted by Gasteiger charge is -2.22. The van der Waals surface area contributed by atoms with Crippen molar-refractivity contribution in [1.82, 2.24) is 30.5 Å². The largest absolute Gasteiger partial charge is 0.458 e. The molecule has 35 heavy (non-hydrogen) atoms. The van der Waals surface area contributed by atoms with Gasteiger partial charge in [0.1, 0.15) is 18.8 Å². The second kappa shape index (κ2) is 10.0. The Balaban J connectivity index is 1.34. The maximum atomic E-state index is 13.3. The molecule has 0 spiro atoms. The molecule has 0 bridgehead atoms. The fraction of sp³-hybridized carbons (Fsp3) is 0.333. The Morgan fingerprint density at radius 3 is 2.91 bits per heavy atom. The van der Waals surface area contributed by atoms with Gasteiger partial charge >= 0.3 is 0 Å². The number of carbonyl (C=O) groups is 2. The Morgan fingerprint density at radius 2 is 2.11 bits per heavy atom. The van der Waals surface area contributed by atoms with Crippen molar-refractivity contribution >= 4 is 28.4 Å². The highest BCUT2D eigenvalue weighted by Gasteiger charge is 2.23. The van der Waals surface area contributed by atoms with Crippen LogP contribution in [0.5, 0.6) is 0 Å². The third-order valence-corrected chi connectivity index (χ3v) is 5.73. The molecule has 1 saturated heterocycles. The van der Waals surface area contributed by atoms with Crippen LogP contribution in [-0.4, -0.2) is 62.8 Å². The molecular weight excluding hydrogens is 450 g/mol. The number of hydrogen-bond acceptors (Lipinski definition) is 8. The number of tetrazole rings is 1. The van der Waals surface area contributed by atoms with E-state index in [0.717, 1.165) is 29.5 Å². The highest BCUT2D eigenvalue weighted by Crippen LogP contribution is 2.21. The quantitative estimate of drug-likeness (QED) is 0.410. The van der Waals surface area contributed by atoms with E-state index in [4.69, 9.17) is 9.15 Å². The molecule has 1 N–H and O–H groups in total. The van der Waals surface area contributed by atoms with Gasteiger partial charge in [-0.25, -0.2) is 0 Å². The van der Waals surface area contributed by atoms with Crippen LogP contribution in [-0.2, 0) is 20.9 Å². The smallest absolute Gasteiger partial charge is 0.251 e. The summed E-state index contributed by atoms with van der Waals surface area (Å²) in [4.78, 5) is 33.1. The zero-order valence-corrected chi connectivity index (χ0v) is 19.3. The second-order valence-electron chi connectivity index (χ2n) is 8.36. The third-order valence-electron chi connectivity index (χ3n) is 5.73. The van der Waals surface area contributed by atoms with Crippen molar-refractivity contribution in [1.29, 1.82) is 0 Å². The first kappa shape index (κ1) is 22.7. The SMILES string of the molecule is Cc1ccc(-c2nnn(CC(=O)N(CC(=O)NC[C@@H]3CCCO3)c3cnc4ccccc4c3)n2)o1. The minimum atomic E-state index is -0.381. The van der Waals surface area contributed by atoms with Gasteiger partial charge in [-0.3, -0.25) is 19.5 Å². The third kappa shape index (κ3) is 5.35. The lowest BCUT2D eigenvalue weighted by atomic mass is 10.2. The van der Waals surface area contributed by atoms with Gasteiger partial charge in [0.15, 0.2) is 5.76 Å². The summed E-state index contributed by atoms with van der Waals surface area (Å²) in [6.45, 7) is 2.55. The average molecular weight is 476 g/mol. The molecule has 1 aliphatic rings. The molecule has 3 aromatic heterocycles. The van der Waals surface area contributed by atoms with Crippen molar-refractivity contribution in [2.24, 2.45) is 0 Å². The number of aryl methyl sites for hydroxylation is 1. The Kier molecular flexibility index (Phi) is 6.49. The number of aromatic nitrogens is 5. The summed E-state index contributed by atoms with van der Waals surface area (Å²) in [5, 5.41) is 15.9. The standard InChI is InChI=1S/C24H25N7O4/c1-16-8-9-21(35-16)24-27-29-31(28-24)15-23(33)30(14-22(32)26-13-19-6-4-10-34-19)18-11-17-5-2-3-7-20(17)25-12-18/h2-3,5,7-9,11-12,19H,4,6,10,13-15H2,1H3,(H,26,32)/t19-/m0/s1. The number of furan rings is 1. The highest BCUT2D eigenvalue weighted by atomic mass is 16.5. The molecule has 0 aliphatic carbocycles. The maximum Gasteiger partial charge on any atom is 0.251 e. The molecule has 180 valence electrons. The van der Waals surface area contributed by atoms with E-state index in [0.29, 0.717) is 24.6 Å². The number of nitrogens with zero attached hydrogens (tertiary/aromatic N) is 6. The Labute approximate surface area is 201 Å². The highest BCUT2D eigenvalue weighted by molar-refractivity contribution is 5.99. The lowest BCUT2D eigenvalue weighted by Crippen LogP contribution is -2.44. The minimum Gasteiger partial charge on any atom is -0.458 e. The van der Waals surface area contributed by atoms with Crippen molar-refractivity contribution in [3.8, 4) is 11.6 Å². The molecular formula is C24H25N7O4. The number of benzene rings is 1. The molecule has 1 fully saturated rings. The summed E-state index contributed by atoms with van der Waals surface area (Å²) < 4.78 is 11.1. The molecule has 1 atom stereocenters. The Bertz CT molecular complexity index is 1340. The van der Waals surface area contributed by atoms with Crippen LogP contribution in [0.3, 0.4) is 0 Å². The molecule has 1 aromatic carbocycles. The van der Waals surface area contributed by atoms with Crippen LogP contribution in [0.1, 0.15) is 18.6 Å². The van der Waals surface area contributed by atoms with Crippen LogP contribution in [0.4, 0.5) is 5.69 Å². The van der Waals surface area contributed by atoms with Gasteiger partial charge < -0.3 is 14.5 Å². The monoisotopic (exact) mass is 475 g/mol. The predicted octanol–water partition coefficient (Wildman–Crippen LogP) is 2.12. The molecule has 0 radical (unpaired) electrons. The normalized spacial score (nSPS) is 15.4. The molecule has 11 heteroatoms. The van der Waals surface area contributed by atoms with Crippen LogP contribution < -0.4 is 10.2 Å². The van der Waals surface area contributed by atoms with Gasteiger partial charge in [0.2, 0.25) is 11.7 Å². The van der Waals surface area contributed by atoms with Crippen LogP contribution in [0, 0.1) is 6.92 Å². The van der Waals surface area contributed by atoms with Gasteiger partial charge in [-0.05, 0) is 49.2 Å². The van der Waals surface area contributed by atoms with E-state index in [2.05, 4.69) is 25.7 Å². The first-order valence-electron chi connectivity index (χ1n) is 11.4. The molecule has 4 heterocycles. The first-order valence-corrected chi connectivity index (χ1v) is 11.4. The van der Waals surface area contributed by atoms with Crippen molar-refractivity contribution in [2.45, 2.75) is 32.4 Å². The van der Waals surface area contributed by atoms with E-state index in [-0.39, 0.29) is 36.8 Å². The van der Waals surface area contributed by atoms with E-state index in [1.165, 1.54) is 9.70 Å². The summed E-state index contributed by atoms with van der Waals surface area (Å²) >= 11 is 0. The Hall–Kier alpha value is -4.12. The number of carbonyl (C=O) groups excluding carboxylic acids is 2. The molecule has 1 aliphatic heterocycles.